The van der Waals surface area contributed by atoms with Gasteiger partial charge in [-0.15, -0.1) is 0 Å². The number of phenolic OH excluding ortho intramolecular Hbond substituents is 8. The molecule has 4 rings (SSSR count). The number of aromatic hydroxyl groups is 8. The number of aromatic carboxylic acids is 1. The van der Waals surface area contributed by atoms with E-state index in [-0.39, 0.29) is 11.1 Å². The first-order valence-corrected chi connectivity index (χ1v) is 11.8. The Bertz CT molecular complexity index is 1590. The fourth-order valence-corrected chi connectivity index (χ4v) is 4.66. The lowest BCUT2D eigenvalue weighted by Crippen LogP contribution is -2.83. The molecule has 0 aliphatic carbocycles. The molecular weight excluding hydrogens is 592 g/mol. The van der Waals surface area contributed by atoms with Crippen LogP contribution in [0.2, 0.25) is 5.02 Å². The molecule has 3 atom stereocenters. The second-order valence-electron chi connectivity index (χ2n) is 9.44. The Balaban J connectivity index is 1.69. The monoisotopic (exact) mass is 614 g/mol. The van der Waals surface area contributed by atoms with E-state index in [9.17, 15) is 76.3 Å². The van der Waals surface area contributed by atoms with Crippen molar-refractivity contribution in [3.8, 4) is 57.1 Å². The first-order valence-electron chi connectivity index (χ1n) is 11.4. The Morgan fingerprint density at radius 1 is 0.881 bits per heavy atom. The first-order chi connectivity index (χ1) is 19.3. The van der Waals surface area contributed by atoms with Gasteiger partial charge in [0.2, 0.25) is 11.5 Å². The molecule has 226 valence electrons. The van der Waals surface area contributed by atoms with E-state index in [0.29, 0.717) is 0 Å². The highest BCUT2D eigenvalue weighted by Crippen LogP contribution is 2.57. The number of hydrogen-bond donors (Lipinski definition) is 16. The first kappa shape index (κ1) is 30.3. The van der Waals surface area contributed by atoms with E-state index in [1.165, 1.54) is 12.1 Å². The molecule has 1 saturated heterocycles. The smallest absolute Gasteiger partial charge is 0.335 e. The highest BCUT2D eigenvalue weighted by molar-refractivity contribution is 6.34. The molecule has 0 radical (unpaired) electrons. The van der Waals surface area contributed by atoms with Crippen LogP contribution in [0.15, 0.2) is 24.3 Å². The zero-order valence-electron chi connectivity index (χ0n) is 20.6. The van der Waals surface area contributed by atoms with E-state index < -0.39 is 104 Å². The van der Waals surface area contributed by atoms with Crippen LogP contribution in [0.4, 0.5) is 5.69 Å². The Hall–Kier alpha value is -4.62. The van der Waals surface area contributed by atoms with Gasteiger partial charge in [0, 0.05) is 6.42 Å². The number of carboxylic acids is 1. The van der Waals surface area contributed by atoms with Gasteiger partial charge in [-0.05, 0) is 17.7 Å². The highest BCUT2D eigenvalue weighted by Gasteiger charge is 2.67. The molecule has 3 unspecified atom stereocenters. The quantitative estimate of drug-likeness (QED) is 0.0905. The van der Waals surface area contributed by atoms with Crippen molar-refractivity contribution in [1.29, 1.82) is 0 Å². The summed E-state index contributed by atoms with van der Waals surface area (Å²) in [6.07, 6.45) is -3.76. The van der Waals surface area contributed by atoms with Gasteiger partial charge in [0.25, 0.3) is 5.91 Å². The van der Waals surface area contributed by atoms with E-state index in [1.807, 2.05) is 0 Å². The molecule has 1 fully saturated rings. The van der Waals surface area contributed by atoms with E-state index in [0.717, 1.165) is 12.1 Å². The number of carbonyl (C=O) groups is 1. The molecule has 3 aromatic carbocycles. The Morgan fingerprint density at radius 2 is 1.45 bits per heavy atom. The van der Waals surface area contributed by atoms with E-state index >= 15 is 0 Å². The van der Waals surface area contributed by atoms with Crippen LogP contribution < -0.4 is 10.6 Å². The van der Waals surface area contributed by atoms with Crippen LogP contribution in [-0.4, -0.2) is 94.8 Å². The van der Waals surface area contributed by atoms with Gasteiger partial charge in [-0.2, -0.15) is 0 Å². The van der Waals surface area contributed by atoms with Crippen LogP contribution in [0.3, 0.4) is 0 Å². The van der Waals surface area contributed by atoms with Crippen molar-refractivity contribution in [3.63, 3.8) is 0 Å². The molecule has 0 spiro atoms. The van der Waals surface area contributed by atoms with Crippen molar-refractivity contribution >= 4 is 23.3 Å². The van der Waals surface area contributed by atoms with Crippen molar-refractivity contribution in [2.45, 2.75) is 29.9 Å². The van der Waals surface area contributed by atoms with Crippen LogP contribution >= 0.6 is 11.6 Å². The Morgan fingerprint density at radius 3 is 2.02 bits per heavy atom. The summed E-state index contributed by atoms with van der Waals surface area (Å²) in [6, 6.07) is 4.52. The summed E-state index contributed by atoms with van der Waals surface area (Å²) >= 11 is 5.63. The maximum atomic E-state index is 11.3. The van der Waals surface area contributed by atoms with Crippen molar-refractivity contribution in [2.75, 3.05) is 5.32 Å². The number of halogens is 1. The number of aliphatic hydroxyl groups excluding tert-OH is 1. The van der Waals surface area contributed by atoms with E-state index in [2.05, 4.69) is 0 Å². The molecule has 42 heavy (non-hydrogen) atoms. The van der Waals surface area contributed by atoms with Gasteiger partial charge in [-0.3, -0.25) is 5.32 Å². The Labute approximate surface area is 237 Å². The minimum atomic E-state index is -3.73. The summed E-state index contributed by atoms with van der Waals surface area (Å²) in [5.74, 6) is -15.2. The molecule has 17 nitrogen and oxygen atoms in total. The topological polar surface area (TPSA) is 324 Å². The molecule has 1 heterocycles. The summed E-state index contributed by atoms with van der Waals surface area (Å²) in [6.45, 7) is 0. The molecule has 0 amide bonds. The summed E-state index contributed by atoms with van der Waals surface area (Å²) in [5, 5.41) is 146. The van der Waals surface area contributed by atoms with Crippen molar-refractivity contribution in [2.24, 2.45) is 0 Å². The average Bonchev–Trinajstić information content (AvgIpc) is 2.91. The second-order valence-corrected chi connectivity index (χ2v) is 9.82. The number of carboxylic acid groups (broad SMARTS) is 1. The molecule has 0 saturated carbocycles. The van der Waals surface area contributed by atoms with E-state index in [1.54, 1.807) is 10.6 Å². The van der Waals surface area contributed by atoms with Crippen LogP contribution in [-0.2, 0) is 0 Å². The largest absolute Gasteiger partial charge is 0.506 e. The minimum Gasteiger partial charge on any atom is -0.506 e. The number of nitrogens with one attached hydrogen (secondary N) is 2. The fraction of sp³-hybridized carbons (Fsp3) is 0.208. The highest BCUT2D eigenvalue weighted by atomic mass is 35.5. The minimum absolute atomic E-state index is 0.224. The number of rotatable bonds is 7. The SMILES string of the molecule is O=C(O)c1cccc(-c2c(O)c(O)c(O)c(NC(O)(O)C3(O)CC(O)(C(O)c4c(O)c(O)c(O)c(Cl)c4O)N3)c2O)c1. The van der Waals surface area contributed by atoms with Gasteiger partial charge in [0.15, 0.2) is 40.2 Å². The number of benzene rings is 3. The fourth-order valence-electron chi connectivity index (χ4n) is 4.46. The van der Waals surface area contributed by atoms with Crippen LogP contribution in [0.1, 0.15) is 28.4 Å². The molecular formula is C24H23ClN2O15. The molecule has 1 aliphatic rings. The maximum Gasteiger partial charge on any atom is 0.335 e. The predicted molar refractivity (Wildman–Crippen MR) is 137 cm³/mol. The summed E-state index contributed by atoms with van der Waals surface area (Å²) in [4.78, 5) is 11.3. The predicted octanol–water partition coefficient (Wildman–Crippen LogP) is -0.496. The Kier molecular flexibility index (Phi) is 7.04. The third-order valence-corrected chi connectivity index (χ3v) is 7.08. The number of phenols is 8. The third kappa shape index (κ3) is 4.41. The van der Waals surface area contributed by atoms with Crippen molar-refractivity contribution in [3.05, 3.63) is 40.4 Å². The van der Waals surface area contributed by atoms with Gasteiger partial charge >= 0.3 is 5.97 Å². The lowest BCUT2D eigenvalue weighted by atomic mass is 9.79. The van der Waals surface area contributed by atoms with Crippen molar-refractivity contribution < 1.29 is 76.3 Å². The lowest BCUT2D eigenvalue weighted by Gasteiger charge is -2.56. The van der Waals surface area contributed by atoms with Gasteiger partial charge < -0.3 is 76.8 Å². The van der Waals surface area contributed by atoms with Crippen molar-refractivity contribution in [1.82, 2.24) is 5.32 Å². The number of hydrogen-bond acceptors (Lipinski definition) is 16. The molecule has 18 heteroatoms. The second kappa shape index (κ2) is 9.74. The molecule has 3 aromatic rings. The number of aliphatic hydroxyl groups is 5. The third-order valence-electron chi connectivity index (χ3n) is 6.72. The zero-order chi connectivity index (χ0) is 31.7. The molecule has 1 aliphatic heterocycles. The van der Waals surface area contributed by atoms with Crippen LogP contribution in [0.5, 0.6) is 46.0 Å². The molecule has 16 N–H and O–H groups in total. The summed E-state index contributed by atoms with van der Waals surface area (Å²) in [5.41, 5.74) is -9.33. The summed E-state index contributed by atoms with van der Waals surface area (Å²) < 4.78 is 0. The van der Waals surface area contributed by atoms with E-state index in [4.69, 9.17) is 11.6 Å². The zero-order valence-corrected chi connectivity index (χ0v) is 21.4. The van der Waals surface area contributed by atoms with Crippen LogP contribution in [0, 0.1) is 0 Å². The summed E-state index contributed by atoms with van der Waals surface area (Å²) in [7, 11) is 0. The lowest BCUT2D eigenvalue weighted by molar-refractivity contribution is -0.360. The van der Waals surface area contributed by atoms with Gasteiger partial charge in [-0.1, -0.05) is 23.7 Å². The number of anilines is 1. The van der Waals surface area contributed by atoms with Gasteiger partial charge in [0.05, 0.1) is 16.7 Å². The normalized spacial score (nSPS) is 21.0. The molecule has 0 bridgehead atoms. The standard InChI is InChI=1S/C24H23ClN2O15/c25-10-12(28)9(15(31)18(34)16(10)32)20(36)22(39)5-23(40,27-22)24(41,42)26-11-13(29)8(14(30)19(35)17(11)33)6-2-1-3-7(4-6)21(37)38/h1-4,20,26-36,39-42H,5H2,(H,37,38). The average molecular weight is 615 g/mol. The van der Waals surface area contributed by atoms with Gasteiger partial charge in [0.1, 0.15) is 22.6 Å². The van der Waals surface area contributed by atoms with Gasteiger partial charge in [-0.25, -0.2) is 4.79 Å². The maximum absolute atomic E-state index is 11.3. The van der Waals surface area contributed by atoms with Crippen LogP contribution in [0.25, 0.3) is 11.1 Å². The molecule has 0 aromatic heterocycles.